The van der Waals surface area contributed by atoms with Crippen molar-refractivity contribution in [1.82, 2.24) is 19.9 Å². The van der Waals surface area contributed by atoms with Gasteiger partial charge in [0.25, 0.3) is 0 Å². The van der Waals surface area contributed by atoms with E-state index in [4.69, 9.17) is 5.73 Å². The highest BCUT2D eigenvalue weighted by atomic mass is 15.0. The van der Waals surface area contributed by atoms with E-state index in [0.717, 1.165) is 11.2 Å². The number of fused-ring (bicyclic) bond motifs is 1. The van der Waals surface area contributed by atoms with E-state index in [2.05, 4.69) is 19.9 Å². The summed E-state index contributed by atoms with van der Waals surface area (Å²) in [7, 11) is 0. The van der Waals surface area contributed by atoms with Crippen molar-refractivity contribution in [2.45, 2.75) is 0 Å². The summed E-state index contributed by atoms with van der Waals surface area (Å²) in [6.07, 6.45) is 4.76. The number of nitrogens with one attached hydrogen (secondary N) is 1. The summed E-state index contributed by atoms with van der Waals surface area (Å²) in [5, 5.41) is 0. The highest BCUT2D eigenvalue weighted by Gasteiger charge is 1.91. The third-order valence-electron chi connectivity index (χ3n) is 1.90. The Balaban J connectivity index is 0.000000125. The van der Waals surface area contributed by atoms with E-state index in [-0.39, 0.29) is 0 Å². The first kappa shape index (κ1) is 10.1. The van der Waals surface area contributed by atoms with Gasteiger partial charge >= 0.3 is 0 Å². The zero-order valence-corrected chi connectivity index (χ0v) is 8.54. The number of H-pyrrole nitrogens is 1. The molecule has 3 N–H and O–H groups in total. The van der Waals surface area contributed by atoms with Gasteiger partial charge in [-0.3, -0.25) is 0 Å². The Hall–Kier alpha value is -2.43. The van der Waals surface area contributed by atoms with Gasteiger partial charge in [0.15, 0.2) is 5.65 Å². The summed E-state index contributed by atoms with van der Waals surface area (Å²) in [6.45, 7) is 0. The standard InChI is InChI=1S/C6H7N.C5H4N4/c7-6-4-2-1-3-5-6;1-4-5(8-2-6-1)9-3-7-4/h1-5H,7H2;1-3H,(H,6,7,8,9). The molecule has 0 unspecified atom stereocenters. The number of anilines is 1. The predicted molar refractivity (Wildman–Crippen MR) is 62.5 cm³/mol. The molecule has 0 aliphatic carbocycles. The normalized spacial score (nSPS) is 9.50. The molecule has 80 valence electrons. The van der Waals surface area contributed by atoms with Crippen molar-refractivity contribution in [2.24, 2.45) is 0 Å². The van der Waals surface area contributed by atoms with Crippen molar-refractivity contribution in [2.75, 3.05) is 5.73 Å². The van der Waals surface area contributed by atoms with Crippen LogP contribution in [0, 0.1) is 0 Å². The lowest BCUT2D eigenvalue weighted by molar-refractivity contribution is 1.20. The van der Waals surface area contributed by atoms with Gasteiger partial charge in [-0.1, -0.05) is 18.2 Å². The summed E-state index contributed by atoms with van der Waals surface area (Å²) >= 11 is 0. The number of benzene rings is 1. The Labute approximate surface area is 92.4 Å². The van der Waals surface area contributed by atoms with E-state index in [0.29, 0.717) is 5.65 Å². The number of nitrogen functional groups attached to an aromatic ring is 1. The second kappa shape index (κ2) is 4.88. The van der Waals surface area contributed by atoms with Crippen molar-refractivity contribution in [3.8, 4) is 0 Å². The molecule has 0 aliphatic rings. The van der Waals surface area contributed by atoms with Gasteiger partial charge in [-0.05, 0) is 12.1 Å². The van der Waals surface area contributed by atoms with Gasteiger partial charge in [-0.25, -0.2) is 15.0 Å². The molecule has 0 amide bonds. The summed E-state index contributed by atoms with van der Waals surface area (Å²) < 4.78 is 0. The van der Waals surface area contributed by atoms with Crippen LogP contribution in [-0.2, 0) is 0 Å². The van der Waals surface area contributed by atoms with Crippen LogP contribution in [0.3, 0.4) is 0 Å². The van der Waals surface area contributed by atoms with Crippen molar-refractivity contribution >= 4 is 16.9 Å². The van der Waals surface area contributed by atoms with Crippen molar-refractivity contribution < 1.29 is 0 Å². The Morgan fingerprint density at radius 3 is 2.50 bits per heavy atom. The first-order chi connectivity index (χ1) is 7.86. The molecule has 0 spiro atoms. The largest absolute Gasteiger partial charge is 0.399 e. The van der Waals surface area contributed by atoms with Gasteiger partial charge in [0.1, 0.15) is 11.8 Å². The van der Waals surface area contributed by atoms with Crippen molar-refractivity contribution in [3.05, 3.63) is 49.2 Å². The third-order valence-corrected chi connectivity index (χ3v) is 1.90. The van der Waals surface area contributed by atoms with E-state index in [1.165, 1.54) is 6.33 Å². The van der Waals surface area contributed by atoms with Crippen LogP contribution < -0.4 is 5.73 Å². The fourth-order valence-corrected chi connectivity index (χ4v) is 1.14. The average Bonchev–Trinajstić information content (AvgIpc) is 2.79. The first-order valence-electron chi connectivity index (χ1n) is 4.76. The highest BCUT2D eigenvalue weighted by molar-refractivity contribution is 5.67. The fourth-order valence-electron chi connectivity index (χ4n) is 1.14. The summed E-state index contributed by atoms with van der Waals surface area (Å²) in [6, 6.07) is 9.49. The number of aromatic amines is 1. The van der Waals surface area contributed by atoms with Crippen molar-refractivity contribution in [3.63, 3.8) is 0 Å². The summed E-state index contributed by atoms with van der Waals surface area (Å²) in [4.78, 5) is 14.5. The van der Waals surface area contributed by atoms with Gasteiger partial charge in [-0.15, -0.1) is 0 Å². The molecule has 0 saturated carbocycles. The molecule has 5 heteroatoms. The van der Waals surface area contributed by atoms with Crippen LogP contribution in [0.1, 0.15) is 0 Å². The van der Waals surface area contributed by atoms with Crippen LogP contribution in [-0.4, -0.2) is 19.9 Å². The number of hydrogen-bond donors (Lipinski definition) is 2. The Morgan fingerprint density at radius 1 is 1.06 bits per heavy atom. The first-order valence-corrected chi connectivity index (χ1v) is 4.76. The molecule has 5 nitrogen and oxygen atoms in total. The van der Waals surface area contributed by atoms with Crippen LogP contribution in [0.25, 0.3) is 11.2 Å². The predicted octanol–water partition coefficient (Wildman–Crippen LogP) is 1.62. The zero-order valence-electron chi connectivity index (χ0n) is 8.54. The molecule has 0 radical (unpaired) electrons. The quantitative estimate of drug-likeness (QED) is 0.556. The minimum atomic E-state index is 0.713. The van der Waals surface area contributed by atoms with Crippen LogP contribution >= 0.6 is 0 Å². The minimum Gasteiger partial charge on any atom is -0.399 e. The molecule has 0 aliphatic heterocycles. The highest BCUT2D eigenvalue weighted by Crippen LogP contribution is 1.99. The molecule has 3 aromatic rings. The van der Waals surface area contributed by atoms with Gasteiger partial charge in [0.2, 0.25) is 0 Å². The van der Waals surface area contributed by atoms with Crippen LogP contribution in [0.5, 0.6) is 0 Å². The fraction of sp³-hybridized carbons (Fsp3) is 0. The summed E-state index contributed by atoms with van der Waals surface area (Å²) in [5.41, 5.74) is 7.77. The van der Waals surface area contributed by atoms with E-state index in [1.807, 2.05) is 30.3 Å². The van der Waals surface area contributed by atoms with Gasteiger partial charge in [0, 0.05) is 5.69 Å². The van der Waals surface area contributed by atoms with Gasteiger partial charge in [0.05, 0.1) is 12.5 Å². The number of imidazole rings is 1. The Kier molecular flexibility index (Phi) is 3.08. The second-order valence-corrected chi connectivity index (χ2v) is 3.07. The number of rotatable bonds is 0. The van der Waals surface area contributed by atoms with Crippen molar-refractivity contribution in [1.29, 1.82) is 0 Å². The van der Waals surface area contributed by atoms with E-state index < -0.39 is 0 Å². The molecule has 2 aromatic heterocycles. The molecule has 0 fully saturated rings. The maximum absolute atomic E-state index is 5.36. The van der Waals surface area contributed by atoms with E-state index >= 15 is 0 Å². The van der Waals surface area contributed by atoms with E-state index in [9.17, 15) is 0 Å². The second-order valence-electron chi connectivity index (χ2n) is 3.07. The molecule has 0 bridgehead atoms. The maximum Gasteiger partial charge on any atom is 0.180 e. The number of nitrogens with zero attached hydrogens (tertiary/aromatic N) is 3. The Morgan fingerprint density at radius 2 is 1.88 bits per heavy atom. The average molecular weight is 213 g/mol. The third kappa shape index (κ3) is 2.54. The molecule has 16 heavy (non-hydrogen) atoms. The lowest BCUT2D eigenvalue weighted by Gasteiger charge is -1.83. The molecule has 1 aromatic carbocycles. The summed E-state index contributed by atoms with van der Waals surface area (Å²) in [5.74, 6) is 0. The van der Waals surface area contributed by atoms with Gasteiger partial charge in [-0.2, -0.15) is 0 Å². The number of para-hydroxylation sites is 1. The monoisotopic (exact) mass is 213 g/mol. The maximum atomic E-state index is 5.36. The SMILES string of the molecule is Nc1ccccc1.c1ncc2[nH]cnc2n1. The molecular formula is C11H11N5. The minimum absolute atomic E-state index is 0.713. The smallest absolute Gasteiger partial charge is 0.180 e. The van der Waals surface area contributed by atoms with Crippen LogP contribution in [0.15, 0.2) is 49.2 Å². The molecule has 3 rings (SSSR count). The number of hydrogen-bond acceptors (Lipinski definition) is 4. The van der Waals surface area contributed by atoms with Gasteiger partial charge < -0.3 is 10.7 Å². The van der Waals surface area contributed by atoms with Crippen LogP contribution in [0.2, 0.25) is 0 Å². The number of aromatic nitrogens is 4. The number of nitrogens with two attached hydrogens (primary N) is 1. The molecule has 0 saturated heterocycles. The molecule has 0 atom stereocenters. The van der Waals surface area contributed by atoms with Crippen LogP contribution in [0.4, 0.5) is 5.69 Å². The van der Waals surface area contributed by atoms with E-state index in [1.54, 1.807) is 12.5 Å². The lowest BCUT2D eigenvalue weighted by Crippen LogP contribution is -1.79. The topological polar surface area (TPSA) is 80.5 Å². The lowest BCUT2D eigenvalue weighted by atomic mass is 10.3. The zero-order chi connectivity index (χ0) is 11.2. The molecule has 2 heterocycles. The molecular weight excluding hydrogens is 202 g/mol. The Bertz CT molecular complexity index is 516.